The van der Waals surface area contributed by atoms with Crippen molar-refractivity contribution in [3.8, 4) is 17.0 Å². The Balaban J connectivity index is 2.06. The summed E-state index contributed by atoms with van der Waals surface area (Å²) in [5, 5.41) is 11.1. The van der Waals surface area contributed by atoms with Gasteiger partial charge in [-0.1, -0.05) is 29.8 Å². The Hall–Kier alpha value is -3.03. The van der Waals surface area contributed by atoms with Crippen molar-refractivity contribution in [3.05, 3.63) is 79.6 Å². The van der Waals surface area contributed by atoms with Crippen molar-refractivity contribution in [2.24, 2.45) is 0 Å². The van der Waals surface area contributed by atoms with Crippen LogP contribution < -0.4 is 10.1 Å². The molecule has 4 rings (SSSR count). The molecule has 0 bridgehead atoms. The average Bonchev–Trinajstić information content (AvgIpc) is 3.10. The number of rotatable bonds is 4. The highest BCUT2D eigenvalue weighted by Crippen LogP contribution is 2.26. The van der Waals surface area contributed by atoms with Crippen molar-refractivity contribution < 1.29 is 14.5 Å². The van der Waals surface area contributed by atoms with E-state index in [9.17, 15) is 14.7 Å². The van der Waals surface area contributed by atoms with E-state index in [4.69, 9.17) is 11.6 Å². The van der Waals surface area contributed by atoms with E-state index in [-0.39, 0.29) is 17.0 Å². The lowest BCUT2D eigenvalue weighted by Crippen LogP contribution is -2.41. The minimum Gasteiger partial charge on any atom is -0.477 e. The standard InChI is InChI=1S/C20H14ClN3O3S/c1-12-4-3-7-23-17(12)24(10-15-9-22-20(21)28-15)19(27)16(18(23)26)14-6-2-5-13(8-14)11-25/h2-9,11H,10H2,1H3/p+1. The molecule has 0 amide bonds. The SMILES string of the molecule is Cc1cccn2c(=O)c(-c3cccc(C=O)c3)c(O)[n+](Cc3cnc(Cl)s3)c12. The summed E-state index contributed by atoms with van der Waals surface area (Å²) in [6, 6.07) is 10.2. The fourth-order valence-corrected chi connectivity index (χ4v) is 4.22. The van der Waals surface area contributed by atoms with E-state index < -0.39 is 0 Å². The van der Waals surface area contributed by atoms with E-state index in [1.54, 1.807) is 47.3 Å². The third kappa shape index (κ3) is 3.08. The fourth-order valence-electron chi connectivity index (χ4n) is 3.25. The first-order chi connectivity index (χ1) is 13.5. The molecule has 3 aromatic heterocycles. The molecule has 0 radical (unpaired) electrons. The lowest BCUT2D eigenvalue weighted by molar-refractivity contribution is -0.671. The number of aromatic nitrogens is 3. The van der Waals surface area contributed by atoms with Crippen molar-refractivity contribution in [3.63, 3.8) is 0 Å². The Labute approximate surface area is 168 Å². The Morgan fingerprint density at radius 3 is 2.86 bits per heavy atom. The molecule has 0 spiro atoms. The van der Waals surface area contributed by atoms with Gasteiger partial charge in [-0.15, -0.1) is 11.3 Å². The van der Waals surface area contributed by atoms with Gasteiger partial charge in [0, 0.05) is 17.3 Å². The smallest absolute Gasteiger partial charge is 0.354 e. The number of halogens is 1. The van der Waals surface area contributed by atoms with Crippen molar-refractivity contribution in [1.29, 1.82) is 0 Å². The number of benzene rings is 1. The summed E-state index contributed by atoms with van der Waals surface area (Å²) in [5.41, 5.74) is 2.06. The van der Waals surface area contributed by atoms with Crippen molar-refractivity contribution >= 4 is 34.9 Å². The van der Waals surface area contributed by atoms with E-state index >= 15 is 0 Å². The molecule has 140 valence electrons. The molecule has 1 N–H and O–H groups in total. The number of aromatic hydroxyl groups is 1. The zero-order valence-electron chi connectivity index (χ0n) is 14.8. The summed E-state index contributed by atoms with van der Waals surface area (Å²) in [6.45, 7) is 2.17. The highest BCUT2D eigenvalue weighted by molar-refractivity contribution is 7.15. The molecule has 6 nitrogen and oxygen atoms in total. The third-order valence-corrected chi connectivity index (χ3v) is 5.58. The first-order valence-electron chi connectivity index (χ1n) is 8.42. The highest BCUT2D eigenvalue weighted by Gasteiger charge is 2.27. The fraction of sp³-hybridized carbons (Fsp3) is 0.100. The quantitative estimate of drug-likeness (QED) is 0.412. The van der Waals surface area contributed by atoms with Crippen molar-refractivity contribution in [1.82, 2.24) is 9.38 Å². The maximum atomic E-state index is 13.2. The molecule has 0 unspecified atom stereocenters. The van der Waals surface area contributed by atoms with Crippen LogP contribution in [0.1, 0.15) is 20.8 Å². The lowest BCUT2D eigenvalue weighted by Gasteiger charge is -2.11. The van der Waals surface area contributed by atoms with Crippen LogP contribution in [0, 0.1) is 6.92 Å². The summed E-state index contributed by atoms with van der Waals surface area (Å²) in [4.78, 5) is 29.2. The van der Waals surface area contributed by atoms with Gasteiger partial charge in [-0.2, -0.15) is 8.97 Å². The lowest BCUT2D eigenvalue weighted by atomic mass is 10.1. The largest absolute Gasteiger partial charge is 0.477 e. The zero-order chi connectivity index (χ0) is 19.8. The van der Waals surface area contributed by atoms with Gasteiger partial charge in [0.2, 0.25) is 0 Å². The minimum absolute atomic E-state index is 0.127. The Kier molecular flexibility index (Phi) is 4.70. The number of aldehydes is 1. The maximum Gasteiger partial charge on any atom is 0.354 e. The van der Waals surface area contributed by atoms with Crippen molar-refractivity contribution in [2.45, 2.75) is 13.5 Å². The number of thiazole rings is 1. The van der Waals surface area contributed by atoms with Crippen LogP contribution in [0.5, 0.6) is 5.88 Å². The van der Waals surface area contributed by atoms with Gasteiger partial charge < -0.3 is 5.11 Å². The molecule has 0 aliphatic carbocycles. The number of pyridine rings is 1. The van der Waals surface area contributed by atoms with Crippen LogP contribution in [0.15, 0.2) is 53.6 Å². The molecule has 0 atom stereocenters. The van der Waals surface area contributed by atoms with E-state index in [1.807, 2.05) is 13.0 Å². The van der Waals surface area contributed by atoms with Gasteiger partial charge in [0.25, 0.3) is 11.5 Å². The van der Waals surface area contributed by atoms with Crippen LogP contribution in [0.4, 0.5) is 0 Å². The first kappa shape index (κ1) is 18.3. The van der Waals surface area contributed by atoms with Gasteiger partial charge in [0.1, 0.15) is 12.8 Å². The zero-order valence-corrected chi connectivity index (χ0v) is 16.4. The molecular weight excluding hydrogens is 398 g/mol. The van der Waals surface area contributed by atoms with Crippen LogP contribution in [0.25, 0.3) is 16.8 Å². The van der Waals surface area contributed by atoms with Gasteiger partial charge in [-0.05, 0) is 30.7 Å². The number of carbonyl (C=O) groups is 1. The summed E-state index contributed by atoms with van der Waals surface area (Å²) < 4.78 is 3.56. The second-order valence-electron chi connectivity index (χ2n) is 6.30. The molecular formula is C20H15ClN3O3S+. The summed E-state index contributed by atoms with van der Waals surface area (Å²) >= 11 is 7.26. The molecule has 4 aromatic rings. The van der Waals surface area contributed by atoms with Gasteiger partial charge in [-0.3, -0.25) is 4.79 Å². The van der Waals surface area contributed by atoms with E-state index in [2.05, 4.69) is 4.98 Å². The van der Waals surface area contributed by atoms with Gasteiger partial charge in [0.15, 0.2) is 10.0 Å². The molecule has 0 aliphatic rings. The normalized spacial score (nSPS) is 11.1. The summed E-state index contributed by atoms with van der Waals surface area (Å²) in [6.07, 6.45) is 4.01. The van der Waals surface area contributed by atoms with Gasteiger partial charge in [-0.25, -0.2) is 9.78 Å². The summed E-state index contributed by atoms with van der Waals surface area (Å²) in [7, 11) is 0. The predicted octanol–water partition coefficient (Wildman–Crippen LogP) is 3.24. The van der Waals surface area contributed by atoms with Crippen LogP contribution >= 0.6 is 22.9 Å². The molecule has 0 aliphatic heterocycles. The van der Waals surface area contributed by atoms with Gasteiger partial charge in [0.05, 0.1) is 11.1 Å². The molecule has 3 heterocycles. The number of fused-ring (bicyclic) bond motifs is 1. The predicted molar refractivity (Wildman–Crippen MR) is 107 cm³/mol. The third-order valence-electron chi connectivity index (χ3n) is 4.48. The Bertz CT molecular complexity index is 1280. The number of hydrogen-bond acceptors (Lipinski definition) is 5. The van der Waals surface area contributed by atoms with Crippen molar-refractivity contribution in [2.75, 3.05) is 0 Å². The van der Waals surface area contributed by atoms with E-state index in [1.165, 1.54) is 15.7 Å². The second kappa shape index (κ2) is 7.18. The molecule has 0 saturated heterocycles. The number of nitrogens with zero attached hydrogens (tertiary/aromatic N) is 3. The van der Waals surface area contributed by atoms with Crippen LogP contribution in [-0.4, -0.2) is 20.8 Å². The first-order valence-corrected chi connectivity index (χ1v) is 9.61. The molecule has 8 heteroatoms. The maximum absolute atomic E-state index is 13.2. The Morgan fingerprint density at radius 1 is 1.32 bits per heavy atom. The monoisotopic (exact) mass is 412 g/mol. The average molecular weight is 413 g/mol. The summed E-state index contributed by atoms with van der Waals surface area (Å²) in [5.74, 6) is -0.174. The van der Waals surface area contributed by atoms with E-state index in [0.29, 0.717) is 34.1 Å². The topological polar surface area (TPSA) is 75.6 Å². The highest BCUT2D eigenvalue weighted by atomic mass is 35.5. The van der Waals surface area contributed by atoms with E-state index in [0.717, 1.165) is 10.4 Å². The molecule has 1 aromatic carbocycles. The second-order valence-corrected chi connectivity index (χ2v) is 7.99. The van der Waals surface area contributed by atoms with Gasteiger partial charge >= 0.3 is 5.56 Å². The van der Waals surface area contributed by atoms with Crippen LogP contribution in [-0.2, 0) is 6.54 Å². The number of carbonyl (C=O) groups excluding carboxylic acids is 1. The van der Waals surface area contributed by atoms with Crippen LogP contribution in [0.2, 0.25) is 4.47 Å². The molecule has 0 saturated carbocycles. The number of aryl methyl sites for hydroxylation is 1. The Morgan fingerprint density at radius 2 is 2.14 bits per heavy atom. The molecule has 0 fully saturated rings. The minimum atomic E-state index is -0.363. The number of hydrogen-bond donors (Lipinski definition) is 1. The van der Waals surface area contributed by atoms with Crippen LogP contribution in [0.3, 0.4) is 0 Å². The molecule has 28 heavy (non-hydrogen) atoms.